The molecule has 0 bridgehead atoms. The van der Waals surface area contributed by atoms with E-state index in [0.29, 0.717) is 0 Å². The maximum absolute atomic E-state index is 7.52. The number of anilines is 6. The first-order chi connectivity index (χ1) is 30.6. The third-order valence-electron chi connectivity index (χ3n) is 13.2. The van der Waals surface area contributed by atoms with Crippen molar-refractivity contribution in [1.29, 1.82) is 0 Å². The summed E-state index contributed by atoms with van der Waals surface area (Å²) in [4.78, 5) is 4.90. The van der Waals surface area contributed by atoms with Crippen LogP contribution in [0.4, 0.5) is 34.1 Å². The number of benzene rings is 8. The fourth-order valence-corrected chi connectivity index (χ4v) is 9.67. The summed E-state index contributed by atoms with van der Waals surface area (Å²) in [6.45, 7) is 20.6. The molecule has 0 amide bonds. The van der Waals surface area contributed by atoms with Gasteiger partial charge in [0, 0.05) is 34.5 Å². The van der Waals surface area contributed by atoms with Crippen LogP contribution in [-0.4, -0.2) is 6.71 Å². The van der Waals surface area contributed by atoms with Gasteiger partial charge in [-0.3, -0.25) is 0 Å². The van der Waals surface area contributed by atoms with Gasteiger partial charge in [0.15, 0.2) is 0 Å². The van der Waals surface area contributed by atoms with Gasteiger partial charge >= 0.3 is 0 Å². The molecule has 2 aliphatic rings. The van der Waals surface area contributed by atoms with Gasteiger partial charge in [-0.1, -0.05) is 184 Å². The van der Waals surface area contributed by atoms with Crippen molar-refractivity contribution >= 4 is 57.2 Å². The second-order valence-electron chi connectivity index (χ2n) is 20.7. The number of hydrogen-bond donors (Lipinski definition) is 0. The van der Waals surface area contributed by atoms with E-state index in [-0.39, 0.29) is 23.0 Å². The Morgan fingerprint density at radius 1 is 0.391 bits per heavy atom. The van der Waals surface area contributed by atoms with Gasteiger partial charge in [0.1, 0.15) is 11.5 Å². The highest BCUT2D eigenvalue weighted by atomic mass is 16.5. The van der Waals surface area contributed by atoms with Crippen molar-refractivity contribution in [2.45, 2.75) is 78.6 Å². The third kappa shape index (κ3) is 7.29. The van der Waals surface area contributed by atoms with Gasteiger partial charge in [-0.2, -0.15) is 0 Å². The molecule has 8 aromatic rings. The molecule has 0 saturated carbocycles. The zero-order valence-corrected chi connectivity index (χ0v) is 38.7. The summed E-state index contributed by atoms with van der Waals surface area (Å²) in [6, 6.07) is 67.1. The summed E-state index contributed by atoms with van der Waals surface area (Å²) in [6.07, 6.45) is 0. The zero-order valence-electron chi connectivity index (χ0n) is 38.7. The number of nitrogens with zero attached hydrogens (tertiary/aromatic N) is 2. The Morgan fingerprint density at radius 3 is 1.33 bits per heavy atom. The van der Waals surface area contributed by atoms with E-state index >= 15 is 0 Å². The number of para-hydroxylation sites is 2. The minimum absolute atomic E-state index is 0.00552. The lowest BCUT2D eigenvalue weighted by atomic mass is 9.32. The molecule has 316 valence electrons. The highest BCUT2D eigenvalue weighted by Crippen LogP contribution is 2.49. The summed E-state index contributed by atoms with van der Waals surface area (Å²) in [5.41, 5.74) is 18.7. The first-order valence-electron chi connectivity index (χ1n) is 22.8. The molecule has 0 fully saturated rings. The molecule has 0 aliphatic carbocycles. The van der Waals surface area contributed by atoms with Crippen LogP contribution in [0.2, 0.25) is 0 Å². The molecule has 0 spiro atoms. The van der Waals surface area contributed by atoms with Gasteiger partial charge in [0.2, 0.25) is 0 Å². The Bertz CT molecular complexity index is 2960. The molecule has 3 nitrogen and oxygen atoms in total. The lowest BCUT2D eigenvalue weighted by Crippen LogP contribution is -2.60. The average Bonchev–Trinajstić information content (AvgIpc) is 3.28. The maximum atomic E-state index is 7.52. The second kappa shape index (κ2) is 15.5. The van der Waals surface area contributed by atoms with E-state index in [0.717, 1.165) is 39.9 Å². The molecule has 2 aliphatic heterocycles. The minimum Gasteiger partial charge on any atom is -0.458 e. The molecule has 0 saturated heterocycles. The van der Waals surface area contributed by atoms with E-state index < -0.39 is 0 Å². The van der Waals surface area contributed by atoms with E-state index in [2.05, 4.69) is 254 Å². The quantitative estimate of drug-likeness (QED) is 0.155. The SMILES string of the molecule is CC(C)(C)c1ccc(N2c3cc(N(c4ccccc4)c4ccccc4)cc4c3B(c3c(cc(C(C)(C)C)cc3-c3ccccc3)O4)c3c(-c4ccccc4)cc(C(C)(C)C)cc32)cc1. The van der Waals surface area contributed by atoms with Crippen LogP contribution in [0.3, 0.4) is 0 Å². The smallest absolute Gasteiger partial charge is 0.258 e. The van der Waals surface area contributed by atoms with Crippen molar-refractivity contribution in [2.24, 2.45) is 0 Å². The Balaban J connectivity index is 1.38. The van der Waals surface area contributed by atoms with E-state index in [4.69, 9.17) is 4.74 Å². The van der Waals surface area contributed by atoms with Crippen LogP contribution in [0.15, 0.2) is 182 Å². The Morgan fingerprint density at radius 2 is 0.828 bits per heavy atom. The molecule has 8 aromatic carbocycles. The van der Waals surface area contributed by atoms with Gasteiger partial charge in [-0.05, 0) is 126 Å². The summed E-state index contributed by atoms with van der Waals surface area (Å²) >= 11 is 0. The lowest BCUT2D eigenvalue weighted by Gasteiger charge is -2.43. The van der Waals surface area contributed by atoms with Gasteiger partial charge in [0.05, 0.1) is 5.69 Å². The topological polar surface area (TPSA) is 15.7 Å². The van der Waals surface area contributed by atoms with Gasteiger partial charge < -0.3 is 14.5 Å². The predicted octanol–water partition coefficient (Wildman–Crippen LogP) is 14.8. The van der Waals surface area contributed by atoms with E-state index in [1.54, 1.807) is 0 Å². The maximum Gasteiger partial charge on any atom is 0.258 e. The van der Waals surface area contributed by atoms with Crippen LogP contribution < -0.4 is 30.9 Å². The van der Waals surface area contributed by atoms with Crippen molar-refractivity contribution in [3.8, 4) is 33.8 Å². The largest absolute Gasteiger partial charge is 0.458 e. The molecule has 0 radical (unpaired) electrons. The lowest BCUT2D eigenvalue weighted by molar-refractivity contribution is 0.483. The van der Waals surface area contributed by atoms with Crippen LogP contribution in [0.5, 0.6) is 11.5 Å². The minimum atomic E-state index is -0.154. The second-order valence-corrected chi connectivity index (χ2v) is 20.7. The number of rotatable bonds is 6. The fraction of sp³-hybridized carbons (Fsp3) is 0.200. The molecule has 64 heavy (non-hydrogen) atoms. The van der Waals surface area contributed by atoms with Crippen molar-refractivity contribution in [3.05, 3.63) is 199 Å². The van der Waals surface area contributed by atoms with Crippen molar-refractivity contribution in [2.75, 3.05) is 9.80 Å². The molecule has 2 heterocycles. The number of fused-ring (bicyclic) bond motifs is 4. The summed E-state index contributed by atoms with van der Waals surface area (Å²) in [5, 5.41) is 0. The van der Waals surface area contributed by atoms with E-state index in [9.17, 15) is 0 Å². The summed E-state index contributed by atoms with van der Waals surface area (Å²) < 4.78 is 7.52. The first-order valence-corrected chi connectivity index (χ1v) is 22.8. The molecule has 0 atom stereocenters. The van der Waals surface area contributed by atoms with Crippen LogP contribution in [0, 0.1) is 0 Å². The van der Waals surface area contributed by atoms with Crippen LogP contribution in [-0.2, 0) is 16.2 Å². The predicted molar refractivity (Wildman–Crippen MR) is 274 cm³/mol. The molecule has 10 rings (SSSR count). The van der Waals surface area contributed by atoms with Crippen LogP contribution >= 0.6 is 0 Å². The number of ether oxygens (including phenoxy) is 1. The van der Waals surface area contributed by atoms with Crippen molar-refractivity contribution < 1.29 is 4.74 Å². The molecule has 0 unspecified atom stereocenters. The third-order valence-corrected chi connectivity index (χ3v) is 13.2. The molecular formula is C60H57BN2O. The van der Waals surface area contributed by atoms with Crippen molar-refractivity contribution in [3.63, 3.8) is 0 Å². The van der Waals surface area contributed by atoms with E-state index in [1.807, 2.05) is 0 Å². The summed E-state index contributed by atoms with van der Waals surface area (Å²) in [7, 11) is 0. The van der Waals surface area contributed by atoms with E-state index in [1.165, 1.54) is 61.0 Å². The van der Waals surface area contributed by atoms with Crippen LogP contribution in [0.1, 0.15) is 79.0 Å². The molecule has 0 aromatic heterocycles. The normalized spacial score (nSPS) is 13.1. The zero-order chi connectivity index (χ0) is 44.5. The molecular weight excluding hydrogens is 775 g/mol. The van der Waals surface area contributed by atoms with Gasteiger partial charge in [0.25, 0.3) is 6.71 Å². The Labute approximate surface area is 381 Å². The first kappa shape index (κ1) is 41.2. The highest BCUT2D eigenvalue weighted by molar-refractivity contribution is 7.01. The van der Waals surface area contributed by atoms with Crippen molar-refractivity contribution in [1.82, 2.24) is 0 Å². The molecule has 4 heteroatoms. The van der Waals surface area contributed by atoms with Gasteiger partial charge in [-0.15, -0.1) is 0 Å². The number of hydrogen-bond acceptors (Lipinski definition) is 3. The monoisotopic (exact) mass is 832 g/mol. The Kier molecular flexibility index (Phi) is 9.98. The van der Waals surface area contributed by atoms with Gasteiger partial charge in [-0.25, -0.2) is 0 Å². The average molecular weight is 833 g/mol. The molecule has 0 N–H and O–H groups in total. The Hall–Kier alpha value is -6.78. The fourth-order valence-electron chi connectivity index (χ4n) is 9.67. The highest BCUT2D eigenvalue weighted by Gasteiger charge is 2.46. The summed E-state index contributed by atoms with van der Waals surface area (Å²) in [5.74, 6) is 1.78. The van der Waals surface area contributed by atoms with Crippen LogP contribution in [0.25, 0.3) is 22.3 Å². The standard InChI is InChI=1S/C60H57BN2O/c1-58(2,3)42-30-32-47(33-31-42)63-51-36-43(59(4,5)6)34-49(40-22-14-10-15-23-40)55(51)61-56-50(41-24-16-11-17-25-41)35-44(60(7,8)9)37-53(56)64-54-39-48(38-52(63)57(54)61)62(45-26-18-12-19-27-45)46-28-20-13-21-29-46/h10-39H,1-9H3.